The molecule has 0 radical (unpaired) electrons. The van der Waals surface area contributed by atoms with Crippen molar-refractivity contribution in [1.82, 2.24) is 4.90 Å². The van der Waals surface area contributed by atoms with E-state index >= 15 is 0 Å². The van der Waals surface area contributed by atoms with Crippen LogP contribution < -0.4 is 4.74 Å². The van der Waals surface area contributed by atoms with Crippen molar-refractivity contribution in [2.75, 3.05) is 27.2 Å². The van der Waals surface area contributed by atoms with Crippen LogP contribution >= 0.6 is 0 Å². The second kappa shape index (κ2) is 4.98. The van der Waals surface area contributed by atoms with Gasteiger partial charge in [-0.3, -0.25) is 4.79 Å². The van der Waals surface area contributed by atoms with Crippen LogP contribution in [0.2, 0.25) is 0 Å². The number of rotatable bonds is 3. The molecule has 1 heterocycles. The van der Waals surface area contributed by atoms with Crippen LogP contribution in [0.25, 0.3) is 0 Å². The predicted octanol–water partition coefficient (Wildman–Crippen LogP) is 1.74. The van der Waals surface area contributed by atoms with Crippen molar-refractivity contribution >= 4 is 5.97 Å². The number of carboxylic acid groups (broad SMARTS) is 1. The number of para-hydroxylation sites is 1. The molecule has 2 rings (SSSR count). The number of carboxylic acids is 1. The molecule has 1 fully saturated rings. The Labute approximate surface area is 107 Å². The maximum absolute atomic E-state index is 11.8. The van der Waals surface area contributed by atoms with Crippen LogP contribution in [0.1, 0.15) is 18.4 Å². The summed E-state index contributed by atoms with van der Waals surface area (Å²) in [7, 11) is 3.61. The SMILES string of the molecule is COc1ccccc1C1(C(=O)O)CCN(C)CC1. The molecule has 0 aliphatic carbocycles. The van der Waals surface area contributed by atoms with Gasteiger partial charge in [-0.1, -0.05) is 18.2 Å². The zero-order chi connectivity index (χ0) is 13.2. The number of piperidine rings is 1. The Morgan fingerprint density at radius 1 is 1.33 bits per heavy atom. The summed E-state index contributed by atoms with van der Waals surface area (Å²) in [6.07, 6.45) is 1.25. The van der Waals surface area contributed by atoms with Gasteiger partial charge in [-0.05, 0) is 39.0 Å². The number of aliphatic carboxylic acids is 1. The largest absolute Gasteiger partial charge is 0.496 e. The molecule has 0 unspecified atom stereocenters. The van der Waals surface area contributed by atoms with Gasteiger partial charge in [0, 0.05) is 5.56 Å². The average molecular weight is 249 g/mol. The normalized spacial score (nSPS) is 19.4. The van der Waals surface area contributed by atoms with E-state index in [-0.39, 0.29) is 0 Å². The Hall–Kier alpha value is -1.55. The van der Waals surface area contributed by atoms with Gasteiger partial charge in [-0.25, -0.2) is 0 Å². The molecule has 0 spiro atoms. The molecule has 0 bridgehead atoms. The third-order valence-electron chi connectivity index (χ3n) is 3.87. The topological polar surface area (TPSA) is 49.8 Å². The monoisotopic (exact) mass is 249 g/mol. The van der Waals surface area contributed by atoms with Crippen molar-refractivity contribution in [3.05, 3.63) is 29.8 Å². The average Bonchev–Trinajstić information content (AvgIpc) is 2.39. The van der Waals surface area contributed by atoms with Crippen LogP contribution in [-0.4, -0.2) is 43.2 Å². The highest BCUT2D eigenvalue weighted by Gasteiger charge is 2.44. The van der Waals surface area contributed by atoms with Crippen LogP contribution in [0.3, 0.4) is 0 Å². The predicted molar refractivity (Wildman–Crippen MR) is 69.0 cm³/mol. The Kier molecular flexibility index (Phi) is 3.57. The minimum Gasteiger partial charge on any atom is -0.496 e. The first-order chi connectivity index (χ1) is 8.60. The van der Waals surface area contributed by atoms with E-state index in [0.29, 0.717) is 18.6 Å². The van der Waals surface area contributed by atoms with Crippen molar-refractivity contribution in [2.24, 2.45) is 0 Å². The Morgan fingerprint density at radius 3 is 2.50 bits per heavy atom. The molecule has 1 aliphatic rings. The van der Waals surface area contributed by atoms with Crippen molar-refractivity contribution < 1.29 is 14.6 Å². The first-order valence-electron chi connectivity index (χ1n) is 6.15. The fraction of sp³-hybridized carbons (Fsp3) is 0.500. The molecule has 0 amide bonds. The van der Waals surface area contributed by atoms with Gasteiger partial charge in [-0.2, -0.15) is 0 Å². The molecular weight excluding hydrogens is 230 g/mol. The number of ether oxygens (including phenoxy) is 1. The summed E-state index contributed by atoms with van der Waals surface area (Å²) in [5, 5.41) is 9.67. The molecule has 4 heteroatoms. The molecule has 1 N–H and O–H groups in total. The highest BCUT2D eigenvalue weighted by atomic mass is 16.5. The molecule has 98 valence electrons. The molecule has 1 saturated heterocycles. The van der Waals surface area contributed by atoms with Crippen molar-refractivity contribution in [2.45, 2.75) is 18.3 Å². The summed E-state index contributed by atoms with van der Waals surface area (Å²) < 4.78 is 5.32. The maximum Gasteiger partial charge on any atom is 0.314 e. The van der Waals surface area contributed by atoms with Crippen LogP contribution in [0.5, 0.6) is 5.75 Å². The van der Waals surface area contributed by atoms with Crippen molar-refractivity contribution in [1.29, 1.82) is 0 Å². The zero-order valence-corrected chi connectivity index (χ0v) is 10.8. The number of likely N-dealkylation sites (tertiary alicyclic amines) is 1. The summed E-state index contributed by atoms with van der Waals surface area (Å²) >= 11 is 0. The Bertz CT molecular complexity index is 436. The summed E-state index contributed by atoms with van der Waals surface area (Å²) in [4.78, 5) is 13.9. The van der Waals surface area contributed by atoms with E-state index in [4.69, 9.17) is 4.74 Å². The Morgan fingerprint density at radius 2 is 1.94 bits per heavy atom. The molecule has 1 aliphatic heterocycles. The van der Waals surface area contributed by atoms with E-state index in [0.717, 1.165) is 18.7 Å². The second-order valence-corrected chi connectivity index (χ2v) is 4.89. The fourth-order valence-electron chi connectivity index (χ4n) is 2.64. The van der Waals surface area contributed by atoms with E-state index in [1.165, 1.54) is 0 Å². The Balaban J connectivity index is 2.44. The van der Waals surface area contributed by atoms with E-state index in [1.54, 1.807) is 7.11 Å². The third kappa shape index (κ3) is 2.08. The second-order valence-electron chi connectivity index (χ2n) is 4.89. The number of benzene rings is 1. The first-order valence-corrected chi connectivity index (χ1v) is 6.15. The minimum absolute atomic E-state index is 0.624. The number of carbonyl (C=O) groups is 1. The highest BCUT2D eigenvalue weighted by molar-refractivity contribution is 5.82. The lowest BCUT2D eigenvalue weighted by atomic mass is 9.72. The number of hydrogen-bond acceptors (Lipinski definition) is 3. The maximum atomic E-state index is 11.8. The van der Waals surface area contributed by atoms with E-state index in [1.807, 2.05) is 31.3 Å². The first kappa shape index (κ1) is 12.9. The summed E-state index contributed by atoms with van der Waals surface area (Å²) in [6, 6.07) is 7.45. The molecular formula is C14H19NO3. The molecule has 1 aromatic rings. The van der Waals surface area contributed by atoms with E-state index < -0.39 is 11.4 Å². The summed E-state index contributed by atoms with van der Waals surface area (Å²) in [5.74, 6) is -0.0791. The molecule has 4 nitrogen and oxygen atoms in total. The van der Waals surface area contributed by atoms with Gasteiger partial charge in [0.1, 0.15) is 5.75 Å². The molecule has 0 saturated carbocycles. The quantitative estimate of drug-likeness (QED) is 0.886. The van der Waals surface area contributed by atoms with Crippen LogP contribution in [0.15, 0.2) is 24.3 Å². The fourth-order valence-corrected chi connectivity index (χ4v) is 2.64. The van der Waals surface area contributed by atoms with Gasteiger partial charge in [-0.15, -0.1) is 0 Å². The molecule has 18 heavy (non-hydrogen) atoms. The van der Waals surface area contributed by atoms with Crippen molar-refractivity contribution in [3.63, 3.8) is 0 Å². The summed E-state index contributed by atoms with van der Waals surface area (Å²) in [6.45, 7) is 1.59. The lowest BCUT2D eigenvalue weighted by Crippen LogP contribution is -2.46. The van der Waals surface area contributed by atoms with Crippen molar-refractivity contribution in [3.8, 4) is 5.75 Å². The van der Waals surface area contributed by atoms with Gasteiger partial charge in [0.2, 0.25) is 0 Å². The van der Waals surface area contributed by atoms with Crippen LogP contribution in [0, 0.1) is 0 Å². The van der Waals surface area contributed by atoms with Crippen LogP contribution in [-0.2, 0) is 10.2 Å². The number of hydrogen-bond donors (Lipinski definition) is 1. The van der Waals surface area contributed by atoms with E-state index in [9.17, 15) is 9.90 Å². The molecule has 0 aromatic heterocycles. The smallest absolute Gasteiger partial charge is 0.314 e. The zero-order valence-electron chi connectivity index (χ0n) is 10.8. The van der Waals surface area contributed by atoms with Gasteiger partial charge in [0.25, 0.3) is 0 Å². The molecule has 1 aromatic carbocycles. The standard InChI is InChI=1S/C14H19NO3/c1-15-9-7-14(8-10-15,13(16)17)11-5-3-4-6-12(11)18-2/h3-6H,7-10H2,1-2H3,(H,16,17). The van der Waals surface area contributed by atoms with Gasteiger partial charge < -0.3 is 14.7 Å². The number of methoxy groups -OCH3 is 1. The van der Waals surface area contributed by atoms with Gasteiger partial charge in [0.05, 0.1) is 12.5 Å². The van der Waals surface area contributed by atoms with Crippen LogP contribution in [0.4, 0.5) is 0 Å². The minimum atomic E-state index is -0.806. The lowest BCUT2D eigenvalue weighted by molar-refractivity contribution is -0.145. The highest BCUT2D eigenvalue weighted by Crippen LogP contribution is 2.40. The lowest BCUT2D eigenvalue weighted by Gasteiger charge is -2.38. The van der Waals surface area contributed by atoms with Gasteiger partial charge >= 0.3 is 5.97 Å². The molecule has 0 atom stereocenters. The van der Waals surface area contributed by atoms with Gasteiger partial charge in [0.15, 0.2) is 0 Å². The number of nitrogens with zero attached hydrogens (tertiary/aromatic N) is 1. The van der Waals surface area contributed by atoms with E-state index in [2.05, 4.69) is 4.90 Å². The summed E-state index contributed by atoms with van der Waals surface area (Å²) in [5.41, 5.74) is -0.00727. The third-order valence-corrected chi connectivity index (χ3v) is 3.87.